The van der Waals surface area contributed by atoms with Crippen molar-refractivity contribution >= 4 is 5.78 Å². The quantitative estimate of drug-likeness (QED) is 0.562. The van der Waals surface area contributed by atoms with Crippen molar-refractivity contribution in [1.29, 1.82) is 0 Å². The molecule has 2 N–H and O–H groups in total. The van der Waals surface area contributed by atoms with Gasteiger partial charge in [0.05, 0.1) is 5.92 Å². The van der Waals surface area contributed by atoms with E-state index in [2.05, 4.69) is 0 Å². The van der Waals surface area contributed by atoms with Gasteiger partial charge in [-0.1, -0.05) is 31.9 Å². The molecule has 0 aromatic heterocycles. The Balaban J connectivity index is 2.53. The summed E-state index contributed by atoms with van der Waals surface area (Å²) in [5.74, 6) is -0.0483. The maximum atomic E-state index is 12.9. The highest BCUT2D eigenvalue weighted by molar-refractivity contribution is 6.01. The van der Waals surface area contributed by atoms with Gasteiger partial charge in [-0.25, -0.2) is 0 Å². The average Bonchev–Trinajstić information content (AvgIpc) is 2.38. The predicted octanol–water partition coefficient (Wildman–Crippen LogP) is 3.40. The third kappa shape index (κ3) is 1.11. The Morgan fingerprint density at radius 2 is 1.60 bits per heavy atom. The summed E-state index contributed by atoms with van der Waals surface area (Å²) >= 11 is 0. The van der Waals surface area contributed by atoms with Crippen LogP contribution in [0.4, 0.5) is 0 Å². The minimum atomic E-state index is -0.598. The van der Waals surface area contributed by atoms with Crippen LogP contribution in [0.15, 0.2) is 23.3 Å². The third-order valence-electron chi connectivity index (χ3n) is 5.89. The fourth-order valence-corrected chi connectivity index (χ4v) is 4.15. The Bertz CT molecular complexity index is 682. The standard InChI is InChI=1S/C17H20O3/c1-8-9(2)17(5)14-11(19)7-6-10(18)13(14)12(8)15(20)16(17,3)4/h6-7,12,18-19H,1-5H3/t12-,17-/m1/s1. The Hall–Kier alpha value is -1.77. The van der Waals surface area contributed by atoms with Crippen LogP contribution in [0.2, 0.25) is 0 Å². The van der Waals surface area contributed by atoms with E-state index >= 15 is 0 Å². The van der Waals surface area contributed by atoms with E-state index in [1.165, 1.54) is 12.1 Å². The number of phenolic OH excluding ortho intramolecular Hbond substituents is 2. The lowest BCUT2D eigenvalue weighted by molar-refractivity contribution is -0.133. The Labute approximate surface area is 118 Å². The number of Topliss-reactive ketones (excluding diaryl/α,β-unsaturated/α-hetero) is 1. The molecule has 0 saturated heterocycles. The van der Waals surface area contributed by atoms with Gasteiger partial charge < -0.3 is 10.2 Å². The van der Waals surface area contributed by atoms with Crippen LogP contribution in [0.5, 0.6) is 11.5 Å². The molecule has 1 aromatic carbocycles. The van der Waals surface area contributed by atoms with E-state index in [-0.39, 0.29) is 17.3 Å². The lowest BCUT2D eigenvalue weighted by Crippen LogP contribution is -2.56. The van der Waals surface area contributed by atoms with Gasteiger partial charge >= 0.3 is 0 Å². The number of hydrogen-bond acceptors (Lipinski definition) is 3. The van der Waals surface area contributed by atoms with E-state index in [4.69, 9.17) is 0 Å². The van der Waals surface area contributed by atoms with Gasteiger partial charge in [0.2, 0.25) is 0 Å². The first-order chi connectivity index (χ1) is 9.15. The number of carbonyl (C=O) groups excluding carboxylic acids is 1. The molecule has 0 saturated carbocycles. The molecule has 3 heteroatoms. The molecule has 0 heterocycles. The van der Waals surface area contributed by atoms with Gasteiger partial charge in [0.15, 0.2) is 5.78 Å². The van der Waals surface area contributed by atoms with Crippen molar-refractivity contribution in [3.8, 4) is 11.5 Å². The number of aromatic hydroxyl groups is 2. The van der Waals surface area contributed by atoms with Crippen LogP contribution >= 0.6 is 0 Å². The summed E-state index contributed by atoms with van der Waals surface area (Å²) in [5, 5.41) is 20.6. The van der Waals surface area contributed by atoms with E-state index in [0.717, 1.165) is 16.7 Å². The second-order valence-electron chi connectivity index (χ2n) is 6.75. The van der Waals surface area contributed by atoms with Crippen molar-refractivity contribution < 1.29 is 15.0 Å². The summed E-state index contributed by atoms with van der Waals surface area (Å²) in [7, 11) is 0. The maximum Gasteiger partial charge on any atom is 0.151 e. The van der Waals surface area contributed by atoms with Gasteiger partial charge in [-0.2, -0.15) is 0 Å². The molecule has 0 unspecified atom stereocenters. The van der Waals surface area contributed by atoms with E-state index in [1.54, 1.807) is 0 Å². The molecule has 106 valence electrons. The first kappa shape index (κ1) is 13.2. The topological polar surface area (TPSA) is 57.5 Å². The molecule has 1 aromatic rings. The number of allylic oxidation sites excluding steroid dienone is 2. The summed E-state index contributed by atoms with van der Waals surface area (Å²) in [6, 6.07) is 2.99. The number of hydrogen-bond donors (Lipinski definition) is 2. The molecular formula is C17H20O3. The highest BCUT2D eigenvalue weighted by Crippen LogP contribution is 2.65. The molecule has 2 bridgehead atoms. The number of carbonyl (C=O) groups is 1. The Kier molecular flexibility index (Phi) is 2.29. The minimum absolute atomic E-state index is 0.102. The fraction of sp³-hybridized carbons (Fsp3) is 0.471. The van der Waals surface area contributed by atoms with Crippen molar-refractivity contribution in [1.82, 2.24) is 0 Å². The van der Waals surface area contributed by atoms with Gasteiger partial charge in [0.25, 0.3) is 0 Å². The van der Waals surface area contributed by atoms with Gasteiger partial charge in [-0.05, 0) is 26.0 Å². The molecular weight excluding hydrogens is 252 g/mol. The zero-order chi connectivity index (χ0) is 15.0. The third-order valence-corrected chi connectivity index (χ3v) is 5.89. The van der Waals surface area contributed by atoms with Gasteiger partial charge in [0, 0.05) is 22.0 Å². The fourth-order valence-electron chi connectivity index (χ4n) is 4.15. The molecule has 0 amide bonds. The highest BCUT2D eigenvalue weighted by atomic mass is 16.3. The smallest absolute Gasteiger partial charge is 0.151 e. The highest BCUT2D eigenvalue weighted by Gasteiger charge is 2.61. The van der Waals surface area contributed by atoms with Crippen LogP contribution < -0.4 is 0 Å². The molecule has 0 radical (unpaired) electrons. The van der Waals surface area contributed by atoms with Crippen LogP contribution in [0.1, 0.15) is 51.7 Å². The number of ketones is 1. The molecule has 3 aliphatic carbocycles. The zero-order valence-electron chi connectivity index (χ0n) is 12.5. The van der Waals surface area contributed by atoms with Crippen molar-refractivity contribution in [2.75, 3.05) is 0 Å². The second-order valence-corrected chi connectivity index (χ2v) is 6.75. The lowest BCUT2D eigenvalue weighted by atomic mass is 9.45. The maximum absolute atomic E-state index is 12.9. The summed E-state index contributed by atoms with van der Waals surface area (Å²) in [4.78, 5) is 12.9. The van der Waals surface area contributed by atoms with Crippen molar-refractivity contribution in [2.24, 2.45) is 5.41 Å². The SMILES string of the molecule is CC1=C(C)[C@]2(C)c3c(O)ccc(O)c3[C@@H]1C(=O)C2(C)C. The summed E-state index contributed by atoms with van der Waals surface area (Å²) < 4.78 is 0. The molecule has 0 aliphatic heterocycles. The van der Waals surface area contributed by atoms with E-state index in [1.807, 2.05) is 34.6 Å². The second kappa shape index (κ2) is 3.46. The monoisotopic (exact) mass is 272 g/mol. The molecule has 3 aliphatic rings. The van der Waals surface area contributed by atoms with E-state index in [0.29, 0.717) is 5.56 Å². The van der Waals surface area contributed by atoms with Crippen LogP contribution in [0, 0.1) is 5.41 Å². The van der Waals surface area contributed by atoms with Crippen LogP contribution in [-0.2, 0) is 10.2 Å². The van der Waals surface area contributed by atoms with Gasteiger partial charge in [-0.3, -0.25) is 4.79 Å². The molecule has 0 spiro atoms. The number of benzene rings is 1. The number of fused-ring (bicyclic) bond motifs is 1. The Morgan fingerprint density at radius 1 is 1.05 bits per heavy atom. The first-order valence-corrected chi connectivity index (χ1v) is 6.93. The van der Waals surface area contributed by atoms with E-state index < -0.39 is 16.7 Å². The minimum Gasteiger partial charge on any atom is -0.508 e. The molecule has 2 atom stereocenters. The largest absolute Gasteiger partial charge is 0.508 e. The van der Waals surface area contributed by atoms with Crippen molar-refractivity contribution in [3.05, 3.63) is 34.4 Å². The average molecular weight is 272 g/mol. The lowest BCUT2D eigenvalue weighted by Gasteiger charge is -2.56. The zero-order valence-corrected chi connectivity index (χ0v) is 12.5. The summed E-state index contributed by atoms with van der Waals surface area (Å²) in [6.07, 6.45) is 0. The predicted molar refractivity (Wildman–Crippen MR) is 77.0 cm³/mol. The van der Waals surface area contributed by atoms with Gasteiger partial charge in [-0.15, -0.1) is 0 Å². The summed E-state index contributed by atoms with van der Waals surface area (Å²) in [5.41, 5.74) is 2.27. The van der Waals surface area contributed by atoms with E-state index in [9.17, 15) is 15.0 Å². The van der Waals surface area contributed by atoms with Crippen LogP contribution in [0.25, 0.3) is 0 Å². The van der Waals surface area contributed by atoms with Crippen LogP contribution in [-0.4, -0.2) is 16.0 Å². The Morgan fingerprint density at radius 3 is 2.20 bits per heavy atom. The normalized spacial score (nSPS) is 30.6. The molecule has 0 fully saturated rings. The molecule has 4 rings (SSSR count). The first-order valence-electron chi connectivity index (χ1n) is 6.93. The van der Waals surface area contributed by atoms with Gasteiger partial charge in [0.1, 0.15) is 11.5 Å². The van der Waals surface area contributed by atoms with Crippen molar-refractivity contribution in [2.45, 2.75) is 46.0 Å². The summed E-state index contributed by atoms with van der Waals surface area (Å²) in [6.45, 7) is 9.85. The van der Waals surface area contributed by atoms with Crippen LogP contribution in [0.3, 0.4) is 0 Å². The number of phenols is 2. The molecule has 20 heavy (non-hydrogen) atoms. The molecule has 3 nitrogen and oxygen atoms in total. The van der Waals surface area contributed by atoms with Crippen molar-refractivity contribution in [3.63, 3.8) is 0 Å². The number of rotatable bonds is 0.